The first-order valence-electron chi connectivity index (χ1n) is 13.7. The van der Waals surface area contributed by atoms with Crippen molar-refractivity contribution in [1.29, 1.82) is 0 Å². The van der Waals surface area contributed by atoms with Crippen LogP contribution in [-0.2, 0) is 4.79 Å². The van der Waals surface area contributed by atoms with Crippen LogP contribution in [0.3, 0.4) is 0 Å². The van der Waals surface area contributed by atoms with Gasteiger partial charge in [0.05, 0.1) is 4.88 Å². The summed E-state index contributed by atoms with van der Waals surface area (Å²) < 4.78 is 0.988. The van der Waals surface area contributed by atoms with Crippen LogP contribution in [0.25, 0.3) is 10.1 Å². The number of thiophene rings is 1. The van der Waals surface area contributed by atoms with E-state index in [0.29, 0.717) is 16.4 Å². The van der Waals surface area contributed by atoms with E-state index >= 15 is 0 Å². The molecule has 37 heavy (non-hydrogen) atoms. The quantitative estimate of drug-likeness (QED) is 0.525. The van der Waals surface area contributed by atoms with Gasteiger partial charge in [-0.2, -0.15) is 0 Å². The van der Waals surface area contributed by atoms with Crippen molar-refractivity contribution in [3.63, 3.8) is 0 Å². The van der Waals surface area contributed by atoms with Crippen LogP contribution >= 0.6 is 35.3 Å². The van der Waals surface area contributed by atoms with Crippen LogP contribution in [0.5, 0.6) is 0 Å². The van der Waals surface area contributed by atoms with Crippen molar-refractivity contribution in [2.24, 2.45) is 11.8 Å². The largest absolute Gasteiger partial charge is 0.341 e. The van der Waals surface area contributed by atoms with Gasteiger partial charge in [-0.05, 0) is 107 Å². The van der Waals surface area contributed by atoms with Gasteiger partial charge in [0.1, 0.15) is 6.04 Å². The number of fused-ring (bicyclic) bond motifs is 1. The molecule has 3 aliphatic rings. The lowest BCUT2D eigenvalue weighted by atomic mass is 9.79. The second-order valence-corrected chi connectivity index (χ2v) is 12.5. The molecule has 3 fully saturated rings. The van der Waals surface area contributed by atoms with Gasteiger partial charge in [0.2, 0.25) is 5.91 Å². The van der Waals surface area contributed by atoms with Crippen LogP contribution in [0.1, 0.15) is 54.6 Å². The summed E-state index contributed by atoms with van der Waals surface area (Å²) in [7, 11) is 2.21. The first-order chi connectivity index (χ1) is 17.5. The Kier molecular flexibility index (Phi) is 10.1. The number of carbonyl (C=O) groups is 2. The average Bonchev–Trinajstić information content (AvgIpc) is 3.32. The predicted octanol–water partition coefficient (Wildman–Crippen LogP) is 5.14. The molecule has 204 valence electrons. The molecule has 1 aromatic heterocycles. The van der Waals surface area contributed by atoms with Crippen LogP contribution in [0.15, 0.2) is 24.3 Å². The Balaban J connectivity index is 0.00000320. The molecule has 9 heteroatoms. The molecule has 0 radical (unpaired) electrons. The zero-order chi connectivity index (χ0) is 25.1. The van der Waals surface area contributed by atoms with Crippen molar-refractivity contribution in [2.75, 3.05) is 52.9 Å². The summed E-state index contributed by atoms with van der Waals surface area (Å²) in [4.78, 5) is 34.5. The fourth-order valence-electron chi connectivity index (χ4n) is 6.24. The van der Waals surface area contributed by atoms with Gasteiger partial charge in [0.15, 0.2) is 0 Å². The topological polar surface area (TPSA) is 55.9 Å². The van der Waals surface area contributed by atoms with E-state index in [4.69, 9.17) is 11.6 Å². The smallest absolute Gasteiger partial charge is 0.262 e. The number of nitrogens with one attached hydrogen (secondary N) is 1. The van der Waals surface area contributed by atoms with Gasteiger partial charge >= 0.3 is 0 Å². The number of hydrogen-bond acceptors (Lipinski definition) is 5. The summed E-state index contributed by atoms with van der Waals surface area (Å²) >= 11 is 7.58. The molecular weight excluding hydrogens is 527 g/mol. The summed E-state index contributed by atoms with van der Waals surface area (Å²) in [6.45, 7) is 6.59. The highest BCUT2D eigenvalue weighted by Gasteiger charge is 2.34. The predicted molar refractivity (Wildman–Crippen MR) is 155 cm³/mol. The number of carbonyl (C=O) groups excluding carboxylic acids is 2. The molecule has 1 aromatic carbocycles. The van der Waals surface area contributed by atoms with E-state index in [0.717, 1.165) is 73.8 Å². The highest BCUT2D eigenvalue weighted by molar-refractivity contribution is 7.20. The van der Waals surface area contributed by atoms with E-state index < -0.39 is 6.04 Å². The number of hydrogen-bond donors (Lipinski definition) is 1. The molecular formula is C28H40Cl2N4O2S. The molecule has 1 atom stereocenters. The van der Waals surface area contributed by atoms with Gasteiger partial charge in [-0.1, -0.05) is 24.1 Å². The van der Waals surface area contributed by atoms with E-state index in [9.17, 15) is 9.59 Å². The van der Waals surface area contributed by atoms with Crippen LogP contribution in [0.4, 0.5) is 0 Å². The van der Waals surface area contributed by atoms with Gasteiger partial charge in [-0.25, -0.2) is 0 Å². The third-order valence-electron chi connectivity index (χ3n) is 8.48. The maximum Gasteiger partial charge on any atom is 0.262 e. The Bertz CT molecular complexity index is 1060. The van der Waals surface area contributed by atoms with Crippen LogP contribution in [0.2, 0.25) is 5.02 Å². The number of likely N-dealkylation sites (tertiary alicyclic amines) is 3. The highest BCUT2D eigenvalue weighted by Crippen LogP contribution is 2.32. The molecule has 0 bridgehead atoms. The maximum absolute atomic E-state index is 13.7. The van der Waals surface area contributed by atoms with Gasteiger partial charge < -0.3 is 20.0 Å². The molecule has 2 amide bonds. The number of piperidine rings is 3. The van der Waals surface area contributed by atoms with Crippen molar-refractivity contribution < 1.29 is 9.59 Å². The molecule has 5 rings (SSSR count). The number of rotatable bonds is 6. The zero-order valence-electron chi connectivity index (χ0n) is 21.8. The third-order valence-corrected chi connectivity index (χ3v) is 9.81. The minimum absolute atomic E-state index is 0. The Morgan fingerprint density at radius 3 is 2.30 bits per heavy atom. The van der Waals surface area contributed by atoms with Crippen molar-refractivity contribution in [2.45, 2.75) is 51.0 Å². The van der Waals surface area contributed by atoms with Gasteiger partial charge in [-0.3, -0.25) is 9.59 Å². The third kappa shape index (κ3) is 7.18. The number of halogens is 2. The lowest BCUT2D eigenvalue weighted by Crippen LogP contribution is -2.55. The van der Waals surface area contributed by atoms with Gasteiger partial charge in [0.25, 0.3) is 5.91 Å². The van der Waals surface area contributed by atoms with E-state index in [1.807, 2.05) is 29.2 Å². The number of amides is 2. The van der Waals surface area contributed by atoms with Crippen molar-refractivity contribution in [3.8, 4) is 0 Å². The minimum Gasteiger partial charge on any atom is -0.341 e. The van der Waals surface area contributed by atoms with Gasteiger partial charge in [0, 0.05) is 29.4 Å². The molecule has 0 aliphatic carbocycles. The minimum atomic E-state index is -0.510. The second-order valence-electron chi connectivity index (χ2n) is 11.0. The SMILES string of the molecule is CN1CCC(C2CCN(C(=O)[C@@H](CN3CCCCC3)NC(=O)c3cc4ccc(Cl)cc4s3)CC2)CC1.Cl. The lowest BCUT2D eigenvalue weighted by molar-refractivity contribution is -0.135. The first-order valence-corrected chi connectivity index (χ1v) is 14.9. The summed E-state index contributed by atoms with van der Waals surface area (Å²) in [5.74, 6) is 1.44. The Morgan fingerprint density at radius 2 is 1.62 bits per heavy atom. The average molecular weight is 568 g/mol. The zero-order valence-corrected chi connectivity index (χ0v) is 24.2. The second kappa shape index (κ2) is 13.1. The number of benzene rings is 1. The lowest BCUT2D eigenvalue weighted by Gasteiger charge is -2.40. The molecule has 3 saturated heterocycles. The summed E-state index contributed by atoms with van der Waals surface area (Å²) in [5.41, 5.74) is 0. The molecule has 6 nitrogen and oxygen atoms in total. The van der Waals surface area contributed by atoms with Crippen LogP contribution in [-0.4, -0.2) is 85.4 Å². The fraction of sp³-hybridized carbons (Fsp3) is 0.643. The Morgan fingerprint density at radius 1 is 0.973 bits per heavy atom. The molecule has 0 saturated carbocycles. The van der Waals surface area contributed by atoms with Crippen molar-refractivity contribution in [1.82, 2.24) is 20.0 Å². The van der Waals surface area contributed by atoms with E-state index in [1.54, 1.807) is 0 Å². The highest BCUT2D eigenvalue weighted by atomic mass is 35.5. The molecule has 0 unspecified atom stereocenters. The van der Waals surface area contributed by atoms with Gasteiger partial charge in [-0.15, -0.1) is 23.7 Å². The van der Waals surface area contributed by atoms with E-state index in [1.165, 1.54) is 43.7 Å². The summed E-state index contributed by atoms with van der Waals surface area (Å²) in [6, 6.07) is 7.07. The molecule has 3 aliphatic heterocycles. The first kappa shape index (κ1) is 28.6. The monoisotopic (exact) mass is 566 g/mol. The normalized spacial score (nSPS) is 21.5. The van der Waals surface area contributed by atoms with Crippen molar-refractivity contribution in [3.05, 3.63) is 34.2 Å². The van der Waals surface area contributed by atoms with Crippen LogP contribution in [0, 0.1) is 11.8 Å². The Labute approximate surface area is 236 Å². The maximum atomic E-state index is 13.7. The molecule has 4 heterocycles. The van der Waals surface area contributed by atoms with Crippen LogP contribution < -0.4 is 5.32 Å². The standard InChI is InChI=1S/C28H39ClN4O2S.ClH/c1-31-13-7-20(8-14-31)21-9-15-33(16-10-21)28(35)24(19-32-11-3-2-4-12-32)30-27(34)26-17-22-5-6-23(29)18-25(22)36-26;/h5-6,17-18,20-21,24H,2-4,7-16,19H2,1H3,(H,30,34);1H/t24-;/m1./s1. The van der Waals surface area contributed by atoms with E-state index in [-0.39, 0.29) is 24.2 Å². The summed E-state index contributed by atoms with van der Waals surface area (Å²) in [5, 5.41) is 4.80. The molecule has 0 spiro atoms. The molecule has 1 N–H and O–H groups in total. The van der Waals surface area contributed by atoms with E-state index in [2.05, 4.69) is 22.2 Å². The van der Waals surface area contributed by atoms with Crippen molar-refractivity contribution >= 4 is 57.2 Å². The summed E-state index contributed by atoms with van der Waals surface area (Å²) in [6.07, 6.45) is 8.30. The number of nitrogens with zero attached hydrogens (tertiary/aromatic N) is 3. The fourth-order valence-corrected chi connectivity index (χ4v) is 7.49. The Hall–Kier alpha value is -1.38. The molecule has 2 aromatic rings.